The van der Waals surface area contributed by atoms with E-state index in [1.54, 1.807) is 41.3 Å². The predicted octanol–water partition coefficient (Wildman–Crippen LogP) is 3.32. The summed E-state index contributed by atoms with van der Waals surface area (Å²) in [5, 5.41) is 8.07. The molecule has 7 nitrogen and oxygen atoms in total. The second-order valence-electron chi connectivity index (χ2n) is 6.10. The number of amides is 4. The van der Waals surface area contributed by atoms with Crippen LogP contribution in [0.2, 0.25) is 0 Å². The third kappa shape index (κ3) is 6.42. The summed E-state index contributed by atoms with van der Waals surface area (Å²) in [5.41, 5.74) is 1.76. The minimum absolute atomic E-state index is 0.0691. The minimum Gasteiger partial charge on any atom is -0.339 e. The van der Waals surface area contributed by atoms with Gasteiger partial charge in [0.25, 0.3) is 5.91 Å². The van der Waals surface area contributed by atoms with E-state index in [9.17, 15) is 14.4 Å². The highest BCUT2D eigenvalue weighted by molar-refractivity contribution is 5.97. The highest BCUT2D eigenvalue weighted by Gasteiger charge is 2.13. The van der Waals surface area contributed by atoms with Crippen LogP contribution in [-0.4, -0.2) is 42.4 Å². The van der Waals surface area contributed by atoms with Gasteiger partial charge < -0.3 is 20.9 Å². The number of para-hydroxylation sites is 1. The summed E-state index contributed by atoms with van der Waals surface area (Å²) in [7, 11) is 0. The molecule has 3 N–H and O–H groups in total. The highest BCUT2D eigenvalue weighted by atomic mass is 16.2. The Morgan fingerprint density at radius 2 is 1.54 bits per heavy atom. The molecule has 148 valence electrons. The Labute approximate surface area is 165 Å². The number of rotatable bonds is 8. The average Bonchev–Trinajstić information content (AvgIpc) is 2.69. The van der Waals surface area contributed by atoms with E-state index in [0.717, 1.165) is 0 Å². The average molecular weight is 382 g/mol. The fourth-order valence-corrected chi connectivity index (χ4v) is 2.63. The first-order valence-electron chi connectivity index (χ1n) is 9.32. The molecule has 4 amide bonds. The molecule has 0 fully saturated rings. The molecule has 0 spiro atoms. The lowest BCUT2D eigenvalue weighted by molar-refractivity contribution is -0.116. The summed E-state index contributed by atoms with van der Waals surface area (Å²) < 4.78 is 0. The van der Waals surface area contributed by atoms with Gasteiger partial charge in [-0.3, -0.25) is 9.59 Å². The lowest BCUT2D eigenvalue weighted by atomic mass is 10.1. The Kier molecular flexibility index (Phi) is 8.02. The fraction of sp³-hybridized carbons (Fsp3) is 0.286. The van der Waals surface area contributed by atoms with E-state index in [4.69, 9.17) is 0 Å². The van der Waals surface area contributed by atoms with E-state index in [1.165, 1.54) is 0 Å². The summed E-state index contributed by atoms with van der Waals surface area (Å²) in [4.78, 5) is 38.0. The first-order valence-corrected chi connectivity index (χ1v) is 9.32. The van der Waals surface area contributed by atoms with Crippen molar-refractivity contribution in [3.8, 4) is 0 Å². The Hall–Kier alpha value is -3.35. The molecule has 2 aromatic carbocycles. The molecule has 0 aliphatic rings. The molecule has 0 atom stereocenters. The maximum absolute atomic E-state index is 12.4. The van der Waals surface area contributed by atoms with Gasteiger partial charge in [-0.25, -0.2) is 4.79 Å². The number of urea groups is 1. The summed E-state index contributed by atoms with van der Waals surface area (Å²) in [5.74, 6) is -0.312. The highest BCUT2D eigenvalue weighted by Crippen LogP contribution is 2.13. The number of benzene rings is 2. The third-order valence-corrected chi connectivity index (χ3v) is 4.11. The van der Waals surface area contributed by atoms with Crippen molar-refractivity contribution in [3.63, 3.8) is 0 Å². The molecule has 0 saturated heterocycles. The second kappa shape index (κ2) is 10.7. The summed E-state index contributed by atoms with van der Waals surface area (Å²) >= 11 is 0. The van der Waals surface area contributed by atoms with Gasteiger partial charge in [0.05, 0.1) is 0 Å². The van der Waals surface area contributed by atoms with Crippen molar-refractivity contribution in [3.05, 3.63) is 60.2 Å². The van der Waals surface area contributed by atoms with E-state index >= 15 is 0 Å². The number of hydrogen-bond acceptors (Lipinski definition) is 3. The normalized spacial score (nSPS) is 10.1. The van der Waals surface area contributed by atoms with Crippen LogP contribution >= 0.6 is 0 Å². The molecular weight excluding hydrogens is 356 g/mol. The summed E-state index contributed by atoms with van der Waals surface area (Å²) in [6.45, 7) is 5.30. The quantitative estimate of drug-likeness (QED) is 0.654. The smallest absolute Gasteiger partial charge is 0.319 e. The van der Waals surface area contributed by atoms with E-state index in [-0.39, 0.29) is 30.8 Å². The second-order valence-corrected chi connectivity index (χ2v) is 6.10. The van der Waals surface area contributed by atoms with Crippen molar-refractivity contribution in [2.24, 2.45) is 0 Å². The van der Waals surface area contributed by atoms with Crippen molar-refractivity contribution in [2.75, 3.05) is 30.3 Å². The van der Waals surface area contributed by atoms with Gasteiger partial charge in [0.15, 0.2) is 0 Å². The molecule has 28 heavy (non-hydrogen) atoms. The van der Waals surface area contributed by atoms with E-state index in [0.29, 0.717) is 30.0 Å². The predicted molar refractivity (Wildman–Crippen MR) is 110 cm³/mol. The lowest BCUT2D eigenvalue weighted by Gasteiger charge is -2.19. The van der Waals surface area contributed by atoms with Gasteiger partial charge in [0.1, 0.15) is 0 Å². The number of carbonyl (C=O) groups excluding carboxylic acids is 3. The van der Waals surface area contributed by atoms with Gasteiger partial charge >= 0.3 is 6.03 Å². The Balaban J connectivity index is 1.80. The molecule has 7 heteroatoms. The van der Waals surface area contributed by atoms with E-state index < -0.39 is 0 Å². The molecule has 0 unspecified atom stereocenters. The van der Waals surface area contributed by atoms with Crippen molar-refractivity contribution < 1.29 is 14.4 Å². The molecule has 0 heterocycles. The summed E-state index contributed by atoms with van der Waals surface area (Å²) in [6.07, 6.45) is 0.121. The first-order chi connectivity index (χ1) is 13.5. The number of hydrogen-bond donors (Lipinski definition) is 3. The van der Waals surface area contributed by atoms with Crippen LogP contribution in [0.3, 0.4) is 0 Å². The molecule has 0 aromatic heterocycles. The Morgan fingerprint density at radius 3 is 2.21 bits per heavy atom. The number of anilines is 2. The van der Waals surface area contributed by atoms with Crippen LogP contribution in [0, 0.1) is 0 Å². The number of nitrogens with zero attached hydrogens (tertiary/aromatic N) is 1. The third-order valence-electron chi connectivity index (χ3n) is 4.11. The van der Waals surface area contributed by atoms with Crippen LogP contribution in [0.1, 0.15) is 30.6 Å². The lowest BCUT2D eigenvalue weighted by Crippen LogP contribution is -2.31. The van der Waals surface area contributed by atoms with Gasteiger partial charge in [0, 0.05) is 43.0 Å². The zero-order valence-electron chi connectivity index (χ0n) is 16.2. The van der Waals surface area contributed by atoms with Gasteiger partial charge in [-0.1, -0.05) is 24.3 Å². The van der Waals surface area contributed by atoms with Crippen LogP contribution < -0.4 is 16.0 Å². The number of nitrogens with one attached hydrogen (secondary N) is 3. The minimum atomic E-state index is -0.370. The molecule has 2 aromatic rings. The molecular formula is C21H26N4O3. The van der Waals surface area contributed by atoms with Crippen molar-refractivity contribution in [2.45, 2.75) is 20.3 Å². The molecule has 0 radical (unpaired) electrons. The molecule has 0 aliphatic carbocycles. The zero-order valence-corrected chi connectivity index (χ0v) is 16.2. The van der Waals surface area contributed by atoms with Crippen molar-refractivity contribution in [1.82, 2.24) is 10.2 Å². The largest absolute Gasteiger partial charge is 0.339 e. The summed E-state index contributed by atoms with van der Waals surface area (Å²) in [6, 6.07) is 15.5. The number of carbonyl (C=O) groups is 3. The maximum Gasteiger partial charge on any atom is 0.319 e. The monoisotopic (exact) mass is 382 g/mol. The zero-order chi connectivity index (χ0) is 20.4. The molecule has 0 bridgehead atoms. The fourth-order valence-electron chi connectivity index (χ4n) is 2.63. The van der Waals surface area contributed by atoms with E-state index in [1.807, 2.05) is 32.0 Å². The van der Waals surface area contributed by atoms with Gasteiger partial charge in [0.2, 0.25) is 5.91 Å². The van der Waals surface area contributed by atoms with Crippen LogP contribution in [-0.2, 0) is 4.79 Å². The van der Waals surface area contributed by atoms with Crippen molar-refractivity contribution in [1.29, 1.82) is 0 Å². The van der Waals surface area contributed by atoms with Gasteiger partial charge in [-0.2, -0.15) is 0 Å². The molecule has 0 aliphatic heterocycles. The topological polar surface area (TPSA) is 90.5 Å². The molecule has 2 rings (SSSR count). The SMILES string of the molecule is CCN(CC)C(=O)c1cccc(NC(=O)CCNC(=O)Nc2ccccc2)c1. The maximum atomic E-state index is 12.4. The van der Waals surface area contributed by atoms with Gasteiger partial charge in [-0.15, -0.1) is 0 Å². The van der Waals surface area contributed by atoms with Crippen LogP contribution in [0.15, 0.2) is 54.6 Å². The van der Waals surface area contributed by atoms with Crippen LogP contribution in [0.25, 0.3) is 0 Å². The van der Waals surface area contributed by atoms with Crippen LogP contribution in [0.5, 0.6) is 0 Å². The van der Waals surface area contributed by atoms with Crippen LogP contribution in [0.4, 0.5) is 16.2 Å². The Bertz CT molecular complexity index is 804. The van der Waals surface area contributed by atoms with Gasteiger partial charge in [-0.05, 0) is 44.2 Å². The molecule has 0 saturated carbocycles. The van der Waals surface area contributed by atoms with Crippen molar-refractivity contribution >= 4 is 29.2 Å². The Morgan fingerprint density at radius 1 is 0.857 bits per heavy atom. The standard InChI is InChI=1S/C21H26N4O3/c1-3-25(4-2)20(27)16-9-8-12-18(15-16)23-19(26)13-14-22-21(28)24-17-10-6-5-7-11-17/h5-12,15H,3-4,13-14H2,1-2H3,(H,23,26)(H2,22,24,28). The first kappa shape index (κ1) is 21.0. The van der Waals surface area contributed by atoms with E-state index in [2.05, 4.69) is 16.0 Å².